The number of carboxylic acids is 1. The second kappa shape index (κ2) is 5.75. The van der Waals surface area contributed by atoms with Crippen LogP contribution in [-0.2, 0) is 4.79 Å². The molecule has 1 fully saturated rings. The van der Waals surface area contributed by atoms with Gasteiger partial charge in [0.05, 0.1) is 24.0 Å². The topological polar surface area (TPSA) is 84.1 Å². The second-order valence-corrected chi connectivity index (χ2v) is 5.67. The first-order valence-corrected chi connectivity index (χ1v) is 7.38. The van der Waals surface area contributed by atoms with E-state index in [0.717, 1.165) is 17.2 Å². The van der Waals surface area contributed by atoms with Gasteiger partial charge in [0.2, 0.25) is 0 Å². The summed E-state index contributed by atoms with van der Waals surface area (Å²) in [5, 5.41) is 13.5. The van der Waals surface area contributed by atoms with E-state index in [1.54, 1.807) is 17.1 Å². The van der Waals surface area contributed by atoms with Gasteiger partial charge in [0, 0.05) is 18.8 Å². The number of carboxylic acid groups (broad SMARTS) is 1. The summed E-state index contributed by atoms with van der Waals surface area (Å²) in [5.74, 6) is 0.503. The Morgan fingerprint density at radius 2 is 1.91 bits per heavy atom. The molecule has 1 aliphatic heterocycles. The summed E-state index contributed by atoms with van der Waals surface area (Å²) in [4.78, 5) is 22.0. The molecule has 0 atom stereocenters. The molecule has 0 spiro atoms. The quantitative estimate of drug-likeness (QED) is 0.926. The summed E-state index contributed by atoms with van der Waals surface area (Å²) in [6.45, 7) is 5.29. The number of piperidine rings is 1. The summed E-state index contributed by atoms with van der Waals surface area (Å²) < 4.78 is 1.77. The van der Waals surface area contributed by atoms with Gasteiger partial charge >= 0.3 is 5.97 Å². The predicted molar refractivity (Wildman–Crippen MR) is 81.2 cm³/mol. The lowest BCUT2D eigenvalue weighted by molar-refractivity contribution is -0.142. The van der Waals surface area contributed by atoms with Crippen molar-refractivity contribution < 1.29 is 9.90 Å². The standard InChI is InChI=1S/C15H19N5O2/c1-10-7-11(2)20(18-10)14-9-16-8-13(17-14)19-5-3-12(4-6-19)15(21)22/h7-9,12H,3-6H2,1-2H3,(H,21,22). The zero-order chi connectivity index (χ0) is 15.7. The van der Waals surface area contributed by atoms with E-state index in [0.29, 0.717) is 31.7 Å². The van der Waals surface area contributed by atoms with Crippen molar-refractivity contribution in [2.45, 2.75) is 26.7 Å². The van der Waals surface area contributed by atoms with E-state index < -0.39 is 5.97 Å². The molecule has 116 valence electrons. The van der Waals surface area contributed by atoms with Gasteiger partial charge in [0.15, 0.2) is 5.82 Å². The first kappa shape index (κ1) is 14.5. The van der Waals surface area contributed by atoms with E-state index in [1.807, 2.05) is 19.9 Å². The average molecular weight is 301 g/mol. The largest absolute Gasteiger partial charge is 0.481 e. The number of aryl methyl sites for hydroxylation is 2. The van der Waals surface area contributed by atoms with Gasteiger partial charge in [0.25, 0.3) is 0 Å². The van der Waals surface area contributed by atoms with Crippen molar-refractivity contribution in [2.24, 2.45) is 5.92 Å². The molecule has 3 rings (SSSR count). The molecule has 0 saturated carbocycles. The number of hydrogen-bond donors (Lipinski definition) is 1. The highest BCUT2D eigenvalue weighted by atomic mass is 16.4. The zero-order valence-corrected chi connectivity index (χ0v) is 12.7. The highest BCUT2D eigenvalue weighted by Gasteiger charge is 2.25. The fourth-order valence-electron chi connectivity index (χ4n) is 2.82. The number of aromatic nitrogens is 4. The van der Waals surface area contributed by atoms with Crippen molar-refractivity contribution in [3.63, 3.8) is 0 Å². The minimum Gasteiger partial charge on any atom is -0.481 e. The monoisotopic (exact) mass is 301 g/mol. The molecule has 0 amide bonds. The van der Waals surface area contributed by atoms with Gasteiger partial charge < -0.3 is 10.0 Å². The molecule has 1 aliphatic rings. The van der Waals surface area contributed by atoms with Crippen molar-refractivity contribution in [3.8, 4) is 5.82 Å². The minimum atomic E-state index is -0.706. The third-order valence-corrected chi connectivity index (χ3v) is 4.00. The SMILES string of the molecule is Cc1cc(C)n(-c2cncc(N3CCC(C(=O)O)CC3)n2)n1. The molecular weight excluding hydrogens is 282 g/mol. The van der Waals surface area contributed by atoms with Crippen LogP contribution in [0.4, 0.5) is 5.82 Å². The van der Waals surface area contributed by atoms with E-state index >= 15 is 0 Å². The molecule has 7 nitrogen and oxygen atoms in total. The van der Waals surface area contributed by atoms with E-state index in [2.05, 4.69) is 20.0 Å². The van der Waals surface area contributed by atoms with Crippen LogP contribution >= 0.6 is 0 Å². The maximum Gasteiger partial charge on any atom is 0.306 e. The van der Waals surface area contributed by atoms with E-state index in [1.165, 1.54) is 0 Å². The number of aliphatic carboxylic acids is 1. The summed E-state index contributed by atoms with van der Waals surface area (Å²) in [5.41, 5.74) is 1.94. The van der Waals surface area contributed by atoms with E-state index in [-0.39, 0.29) is 5.92 Å². The number of anilines is 1. The van der Waals surface area contributed by atoms with Crippen LogP contribution in [0.1, 0.15) is 24.2 Å². The Labute approximate surface area is 128 Å². The summed E-state index contributed by atoms with van der Waals surface area (Å²) in [6, 6.07) is 1.99. The Kier molecular flexibility index (Phi) is 3.79. The highest BCUT2D eigenvalue weighted by Crippen LogP contribution is 2.22. The van der Waals surface area contributed by atoms with Gasteiger partial charge in [-0.05, 0) is 32.8 Å². The minimum absolute atomic E-state index is 0.247. The molecule has 0 bridgehead atoms. The first-order valence-electron chi connectivity index (χ1n) is 7.38. The molecule has 1 saturated heterocycles. The molecule has 0 unspecified atom stereocenters. The van der Waals surface area contributed by atoms with E-state index in [9.17, 15) is 4.79 Å². The molecule has 3 heterocycles. The third-order valence-electron chi connectivity index (χ3n) is 4.00. The van der Waals surface area contributed by atoms with Gasteiger partial charge in [-0.1, -0.05) is 0 Å². The lowest BCUT2D eigenvalue weighted by Crippen LogP contribution is -2.37. The van der Waals surface area contributed by atoms with Crippen molar-refractivity contribution in [1.29, 1.82) is 0 Å². The molecule has 22 heavy (non-hydrogen) atoms. The molecule has 1 N–H and O–H groups in total. The van der Waals surface area contributed by atoms with Gasteiger partial charge in [0.1, 0.15) is 5.82 Å². The van der Waals surface area contributed by atoms with Crippen LogP contribution in [0.3, 0.4) is 0 Å². The highest BCUT2D eigenvalue weighted by molar-refractivity contribution is 5.70. The van der Waals surface area contributed by atoms with Crippen LogP contribution in [0.2, 0.25) is 0 Å². The van der Waals surface area contributed by atoms with Gasteiger partial charge in [-0.15, -0.1) is 0 Å². The third kappa shape index (κ3) is 2.79. The summed E-state index contributed by atoms with van der Waals surface area (Å²) in [6.07, 6.45) is 4.69. The molecule has 2 aromatic rings. The Hall–Kier alpha value is -2.44. The summed E-state index contributed by atoms with van der Waals surface area (Å²) in [7, 11) is 0. The van der Waals surface area contributed by atoms with Crippen molar-refractivity contribution in [3.05, 3.63) is 29.8 Å². The molecule has 2 aromatic heterocycles. The van der Waals surface area contributed by atoms with Crippen LogP contribution in [0, 0.1) is 19.8 Å². The van der Waals surface area contributed by atoms with Crippen LogP contribution in [-0.4, -0.2) is 43.9 Å². The van der Waals surface area contributed by atoms with E-state index in [4.69, 9.17) is 5.11 Å². The molecule has 0 aliphatic carbocycles. The number of carbonyl (C=O) groups is 1. The Balaban J connectivity index is 1.80. The lowest BCUT2D eigenvalue weighted by Gasteiger charge is -2.30. The van der Waals surface area contributed by atoms with Crippen molar-refractivity contribution in [2.75, 3.05) is 18.0 Å². The fraction of sp³-hybridized carbons (Fsp3) is 0.467. The molecule has 0 aromatic carbocycles. The zero-order valence-electron chi connectivity index (χ0n) is 12.7. The number of nitrogens with zero attached hydrogens (tertiary/aromatic N) is 5. The van der Waals surface area contributed by atoms with Crippen molar-refractivity contribution in [1.82, 2.24) is 19.7 Å². The number of hydrogen-bond acceptors (Lipinski definition) is 5. The summed E-state index contributed by atoms with van der Waals surface area (Å²) >= 11 is 0. The van der Waals surface area contributed by atoms with Crippen LogP contribution < -0.4 is 4.90 Å². The molecule has 0 radical (unpaired) electrons. The average Bonchev–Trinajstić information content (AvgIpc) is 2.86. The predicted octanol–water partition coefficient (Wildman–Crippen LogP) is 1.58. The Morgan fingerprint density at radius 1 is 1.23 bits per heavy atom. The molecule has 7 heteroatoms. The maximum absolute atomic E-state index is 11.0. The van der Waals surface area contributed by atoms with Gasteiger partial charge in [-0.2, -0.15) is 5.10 Å². The van der Waals surface area contributed by atoms with Crippen LogP contribution in [0.5, 0.6) is 0 Å². The second-order valence-electron chi connectivity index (χ2n) is 5.67. The van der Waals surface area contributed by atoms with Crippen LogP contribution in [0.15, 0.2) is 18.5 Å². The molecular formula is C15H19N5O2. The Morgan fingerprint density at radius 3 is 2.50 bits per heavy atom. The normalized spacial score (nSPS) is 16.0. The fourth-order valence-corrected chi connectivity index (χ4v) is 2.82. The van der Waals surface area contributed by atoms with Crippen molar-refractivity contribution >= 4 is 11.8 Å². The number of rotatable bonds is 3. The van der Waals surface area contributed by atoms with Gasteiger partial charge in [-0.3, -0.25) is 9.78 Å². The lowest BCUT2D eigenvalue weighted by atomic mass is 9.97. The maximum atomic E-state index is 11.0. The smallest absolute Gasteiger partial charge is 0.306 e. The Bertz CT molecular complexity index is 689. The van der Waals surface area contributed by atoms with Crippen LogP contribution in [0.25, 0.3) is 5.82 Å². The first-order chi connectivity index (χ1) is 10.5. The van der Waals surface area contributed by atoms with Gasteiger partial charge in [-0.25, -0.2) is 9.67 Å².